The van der Waals surface area contributed by atoms with Gasteiger partial charge in [-0.25, -0.2) is 8.78 Å². The molecule has 0 spiro atoms. The molecular formula is C15H22F2N2O. The molecule has 1 atom stereocenters. The maximum Gasteiger partial charge on any atom is 0.257 e. The molecule has 0 aliphatic carbocycles. The highest BCUT2D eigenvalue weighted by Gasteiger charge is 2.28. The highest BCUT2D eigenvalue weighted by molar-refractivity contribution is 5.95. The van der Waals surface area contributed by atoms with Crippen LogP contribution in [0.15, 0.2) is 12.1 Å². The van der Waals surface area contributed by atoms with Gasteiger partial charge in [0.05, 0.1) is 0 Å². The molecule has 112 valence electrons. The summed E-state index contributed by atoms with van der Waals surface area (Å²) in [7, 11) is 0. The van der Waals surface area contributed by atoms with E-state index in [0.717, 1.165) is 6.07 Å². The second kappa shape index (κ2) is 6.31. The highest BCUT2D eigenvalue weighted by Crippen LogP contribution is 2.23. The normalized spacial score (nSPS) is 13.2. The average Bonchev–Trinajstić information content (AvgIpc) is 2.33. The summed E-state index contributed by atoms with van der Waals surface area (Å²) in [6.07, 6.45) is 0.546. The maximum absolute atomic E-state index is 13.9. The molecule has 0 fully saturated rings. The number of nitrogens with one attached hydrogen (secondary N) is 1. The zero-order valence-corrected chi connectivity index (χ0v) is 12.4. The number of halogens is 2. The van der Waals surface area contributed by atoms with Crippen LogP contribution >= 0.6 is 0 Å². The van der Waals surface area contributed by atoms with E-state index in [4.69, 9.17) is 5.73 Å². The Morgan fingerprint density at radius 3 is 2.45 bits per heavy atom. The van der Waals surface area contributed by atoms with E-state index < -0.39 is 23.1 Å². The monoisotopic (exact) mass is 284 g/mol. The van der Waals surface area contributed by atoms with Gasteiger partial charge in [0.25, 0.3) is 5.91 Å². The Morgan fingerprint density at radius 2 is 1.95 bits per heavy atom. The van der Waals surface area contributed by atoms with Crippen molar-refractivity contribution in [3.05, 3.63) is 34.9 Å². The first kappa shape index (κ1) is 16.6. The molecule has 0 saturated carbocycles. The number of hydrogen-bond acceptors (Lipinski definition) is 2. The van der Waals surface area contributed by atoms with Crippen molar-refractivity contribution in [3.63, 3.8) is 0 Å². The first-order chi connectivity index (χ1) is 9.18. The summed E-state index contributed by atoms with van der Waals surface area (Å²) in [5.74, 6) is -2.41. The molecule has 1 rings (SSSR count). The third-order valence-corrected chi connectivity index (χ3v) is 3.32. The topological polar surface area (TPSA) is 55.1 Å². The minimum atomic E-state index is -0.856. The van der Waals surface area contributed by atoms with Crippen LogP contribution < -0.4 is 11.1 Å². The molecule has 0 radical (unpaired) electrons. The lowest BCUT2D eigenvalue weighted by molar-refractivity contribution is 0.0890. The Morgan fingerprint density at radius 1 is 1.35 bits per heavy atom. The second-order valence-corrected chi connectivity index (χ2v) is 6.02. The standard InChI is InChI=1S/C15H22F2N2O/c1-9-5-6-10(16)12(13(9)17)14(20)19-11(7-8-18)15(2,3)4/h5-6,11H,7-8,18H2,1-4H3,(H,19,20). The summed E-state index contributed by atoms with van der Waals surface area (Å²) >= 11 is 0. The van der Waals surface area contributed by atoms with Crippen molar-refractivity contribution in [2.24, 2.45) is 11.1 Å². The molecule has 0 bridgehead atoms. The molecule has 0 aliphatic rings. The van der Waals surface area contributed by atoms with Gasteiger partial charge in [-0.3, -0.25) is 4.79 Å². The minimum absolute atomic E-state index is 0.239. The largest absolute Gasteiger partial charge is 0.349 e. The van der Waals surface area contributed by atoms with Crippen molar-refractivity contribution in [2.45, 2.75) is 40.2 Å². The van der Waals surface area contributed by atoms with Gasteiger partial charge in [-0.2, -0.15) is 0 Å². The maximum atomic E-state index is 13.9. The fourth-order valence-corrected chi connectivity index (χ4v) is 1.98. The van der Waals surface area contributed by atoms with E-state index in [9.17, 15) is 13.6 Å². The van der Waals surface area contributed by atoms with Crippen LogP contribution in [0.2, 0.25) is 0 Å². The van der Waals surface area contributed by atoms with Crippen molar-refractivity contribution in [1.82, 2.24) is 5.32 Å². The van der Waals surface area contributed by atoms with Gasteiger partial charge >= 0.3 is 0 Å². The van der Waals surface area contributed by atoms with Crippen molar-refractivity contribution in [1.29, 1.82) is 0 Å². The van der Waals surface area contributed by atoms with Crippen LogP contribution in [0.3, 0.4) is 0 Å². The Labute approximate surface area is 118 Å². The van der Waals surface area contributed by atoms with Gasteiger partial charge in [0, 0.05) is 6.04 Å². The van der Waals surface area contributed by atoms with Gasteiger partial charge in [-0.05, 0) is 36.9 Å². The number of carbonyl (C=O) groups is 1. The fraction of sp³-hybridized carbons (Fsp3) is 0.533. The van der Waals surface area contributed by atoms with E-state index in [-0.39, 0.29) is 17.0 Å². The summed E-state index contributed by atoms with van der Waals surface area (Å²) in [6.45, 7) is 7.71. The number of rotatable bonds is 4. The number of hydrogen-bond donors (Lipinski definition) is 2. The zero-order valence-electron chi connectivity index (χ0n) is 12.4. The van der Waals surface area contributed by atoms with Gasteiger partial charge in [0.1, 0.15) is 17.2 Å². The molecule has 1 aromatic rings. The first-order valence-corrected chi connectivity index (χ1v) is 6.64. The lowest BCUT2D eigenvalue weighted by atomic mass is 9.84. The molecule has 1 aromatic carbocycles. The highest BCUT2D eigenvalue weighted by atomic mass is 19.1. The van der Waals surface area contributed by atoms with E-state index in [1.165, 1.54) is 13.0 Å². The van der Waals surface area contributed by atoms with Gasteiger partial charge in [0.15, 0.2) is 0 Å². The number of nitrogens with two attached hydrogens (primary N) is 1. The van der Waals surface area contributed by atoms with E-state index >= 15 is 0 Å². The molecule has 0 aliphatic heterocycles. The van der Waals surface area contributed by atoms with Gasteiger partial charge in [-0.1, -0.05) is 26.8 Å². The number of benzene rings is 1. The SMILES string of the molecule is Cc1ccc(F)c(C(=O)NC(CCN)C(C)(C)C)c1F. The van der Waals surface area contributed by atoms with Crippen molar-refractivity contribution < 1.29 is 13.6 Å². The molecular weight excluding hydrogens is 262 g/mol. The van der Waals surface area contributed by atoms with Crippen molar-refractivity contribution in [3.8, 4) is 0 Å². The molecule has 20 heavy (non-hydrogen) atoms. The van der Waals surface area contributed by atoms with Crippen LogP contribution in [0.1, 0.15) is 43.1 Å². The van der Waals surface area contributed by atoms with E-state index in [2.05, 4.69) is 5.32 Å². The predicted octanol–water partition coefficient (Wildman–Crippen LogP) is 2.77. The smallest absolute Gasteiger partial charge is 0.257 e. The van der Waals surface area contributed by atoms with Crippen LogP contribution in [0.4, 0.5) is 8.78 Å². The number of amides is 1. The van der Waals surface area contributed by atoms with Crippen LogP contribution in [-0.4, -0.2) is 18.5 Å². The van der Waals surface area contributed by atoms with E-state index in [1.807, 2.05) is 20.8 Å². The molecule has 0 aromatic heterocycles. The summed E-state index contributed by atoms with van der Waals surface area (Å²) in [5, 5.41) is 2.68. The zero-order chi connectivity index (χ0) is 15.5. The molecule has 0 heterocycles. The molecule has 1 amide bonds. The lowest BCUT2D eigenvalue weighted by Crippen LogP contribution is -2.45. The Kier molecular flexibility index (Phi) is 5.22. The van der Waals surface area contributed by atoms with Gasteiger partial charge in [0.2, 0.25) is 0 Å². The number of aryl methyl sites for hydroxylation is 1. The first-order valence-electron chi connectivity index (χ1n) is 6.64. The predicted molar refractivity (Wildman–Crippen MR) is 75.5 cm³/mol. The lowest BCUT2D eigenvalue weighted by Gasteiger charge is -2.31. The Bertz CT molecular complexity index is 495. The van der Waals surface area contributed by atoms with Crippen LogP contribution in [0.25, 0.3) is 0 Å². The van der Waals surface area contributed by atoms with Gasteiger partial charge < -0.3 is 11.1 Å². The van der Waals surface area contributed by atoms with E-state index in [0.29, 0.717) is 13.0 Å². The van der Waals surface area contributed by atoms with Crippen molar-refractivity contribution in [2.75, 3.05) is 6.54 Å². The third-order valence-electron chi connectivity index (χ3n) is 3.32. The Balaban J connectivity index is 3.04. The summed E-state index contributed by atoms with van der Waals surface area (Å²) in [6, 6.07) is 2.16. The molecule has 3 nitrogen and oxygen atoms in total. The Hall–Kier alpha value is -1.49. The number of carbonyl (C=O) groups excluding carboxylic acids is 1. The molecule has 5 heteroatoms. The van der Waals surface area contributed by atoms with Gasteiger partial charge in [-0.15, -0.1) is 0 Å². The quantitative estimate of drug-likeness (QED) is 0.893. The summed E-state index contributed by atoms with van der Waals surface area (Å²) < 4.78 is 27.6. The summed E-state index contributed by atoms with van der Waals surface area (Å²) in [5.41, 5.74) is 4.99. The van der Waals surface area contributed by atoms with Crippen LogP contribution in [0.5, 0.6) is 0 Å². The van der Waals surface area contributed by atoms with Crippen LogP contribution in [-0.2, 0) is 0 Å². The molecule has 0 saturated heterocycles. The molecule has 3 N–H and O–H groups in total. The summed E-state index contributed by atoms with van der Waals surface area (Å²) in [4.78, 5) is 12.1. The van der Waals surface area contributed by atoms with Crippen LogP contribution in [0, 0.1) is 24.0 Å². The molecule has 1 unspecified atom stereocenters. The fourth-order valence-electron chi connectivity index (χ4n) is 1.98. The minimum Gasteiger partial charge on any atom is -0.349 e. The average molecular weight is 284 g/mol. The second-order valence-electron chi connectivity index (χ2n) is 6.02. The van der Waals surface area contributed by atoms with E-state index in [1.54, 1.807) is 0 Å². The third kappa shape index (κ3) is 3.76. The van der Waals surface area contributed by atoms with Crippen molar-refractivity contribution >= 4 is 5.91 Å².